The summed E-state index contributed by atoms with van der Waals surface area (Å²) >= 11 is 0. The van der Waals surface area contributed by atoms with Gasteiger partial charge in [0.05, 0.1) is 51.3 Å². The van der Waals surface area contributed by atoms with Crippen LogP contribution in [0.25, 0.3) is 0 Å². The molecule has 0 aromatic rings. The third kappa shape index (κ3) is 11.2. The fourth-order valence-electron chi connectivity index (χ4n) is 17.6. The van der Waals surface area contributed by atoms with Crippen LogP contribution in [0.5, 0.6) is 0 Å². The van der Waals surface area contributed by atoms with E-state index >= 15 is 0 Å². The predicted octanol–water partition coefficient (Wildman–Crippen LogP) is -4.06. The molecule has 484 valence electrons. The summed E-state index contributed by atoms with van der Waals surface area (Å²) in [5, 5.41) is 164. The van der Waals surface area contributed by atoms with E-state index < -0.39 is 186 Å². The number of aliphatic hydroxyl groups excluding tert-OH is 15. The highest BCUT2D eigenvalue weighted by atomic mass is 16.8. The second-order valence-corrected chi connectivity index (χ2v) is 27.1. The molecule has 0 radical (unpaired) electrons. The largest absolute Gasteiger partial charge is 0.394 e. The number of ether oxygens (including phenoxy) is 12. The molecule has 84 heavy (non-hydrogen) atoms. The zero-order chi connectivity index (χ0) is 60.2. The van der Waals surface area contributed by atoms with Gasteiger partial charge in [0, 0.05) is 12.3 Å². The predicted molar refractivity (Wildman–Crippen MR) is 279 cm³/mol. The van der Waals surface area contributed by atoms with Gasteiger partial charge in [-0.1, -0.05) is 27.7 Å². The van der Waals surface area contributed by atoms with Gasteiger partial charge in [0.25, 0.3) is 0 Å². The zero-order valence-corrected chi connectivity index (χ0v) is 48.3. The molecule has 4 saturated carbocycles. The monoisotopic (exact) mass is 1210 g/mol. The highest BCUT2D eigenvalue weighted by Gasteiger charge is 2.70. The maximum atomic E-state index is 12.0. The summed E-state index contributed by atoms with van der Waals surface area (Å²) in [4.78, 5) is 0. The van der Waals surface area contributed by atoms with Crippen LogP contribution in [-0.2, 0) is 56.8 Å². The van der Waals surface area contributed by atoms with E-state index in [1.54, 1.807) is 0 Å². The molecule has 27 nitrogen and oxygen atoms in total. The average molecular weight is 1210 g/mol. The molecule has 27 heteroatoms. The van der Waals surface area contributed by atoms with Crippen LogP contribution in [0.3, 0.4) is 0 Å². The average Bonchev–Trinajstić information content (AvgIpc) is 1.52. The maximum Gasteiger partial charge on any atom is 0.187 e. The van der Waals surface area contributed by atoms with E-state index in [0.717, 1.165) is 58.0 Å². The molecular formula is C57H94O27. The number of fused-ring (bicyclic) bond motifs is 7. The summed E-state index contributed by atoms with van der Waals surface area (Å²) < 4.78 is 73.6. The second kappa shape index (κ2) is 25.2. The summed E-state index contributed by atoms with van der Waals surface area (Å²) in [5.74, 6) is 2.83. The van der Waals surface area contributed by atoms with Crippen molar-refractivity contribution in [2.75, 3.05) is 33.0 Å². The van der Waals surface area contributed by atoms with Crippen molar-refractivity contribution >= 4 is 0 Å². The van der Waals surface area contributed by atoms with Crippen LogP contribution in [0.15, 0.2) is 0 Å². The Hall–Kier alpha value is -1.08. The fourth-order valence-corrected chi connectivity index (χ4v) is 17.6. The highest BCUT2D eigenvalue weighted by Crippen LogP contribution is 2.71. The van der Waals surface area contributed by atoms with Crippen molar-refractivity contribution < 1.29 is 133 Å². The molecule has 37 unspecified atom stereocenters. The van der Waals surface area contributed by atoms with E-state index in [1.165, 1.54) is 6.92 Å². The molecule has 11 aliphatic rings. The molecule has 0 aromatic carbocycles. The van der Waals surface area contributed by atoms with Gasteiger partial charge in [-0.25, -0.2) is 0 Å². The van der Waals surface area contributed by atoms with Crippen LogP contribution in [0.2, 0.25) is 0 Å². The Morgan fingerprint density at radius 1 is 0.429 bits per heavy atom. The third-order valence-electron chi connectivity index (χ3n) is 22.5. The van der Waals surface area contributed by atoms with Crippen molar-refractivity contribution in [3.05, 3.63) is 0 Å². The Kier molecular flexibility index (Phi) is 19.3. The van der Waals surface area contributed by atoms with Gasteiger partial charge < -0.3 is 133 Å². The van der Waals surface area contributed by atoms with Crippen molar-refractivity contribution in [1.82, 2.24) is 0 Å². The minimum atomic E-state index is -2.15. The standard InChI is InChI=1S/C57H94O27/c1-21-8-13-57(73-20-21)22(2)34-29(84-57)15-28-26-7-6-24-14-25(9-11-55(24,4)27(26)10-12-56(28,34)5)75-51-44(71)40(67)47(33(19-61)78-51)81-54-49(83-52-43(70)39(66)36(63)30(16-58)76-52)48(37(64)31(17-59)77-54)82-53-45(72)41(68)46(32(18-60)79-53)80-50-42(69)38(65)35(62)23(3)74-50/h21-54,58-72H,6-20H2,1-5H3. The van der Waals surface area contributed by atoms with Crippen molar-refractivity contribution in [2.24, 2.45) is 52.3 Å². The molecule has 1 spiro atoms. The second-order valence-electron chi connectivity index (χ2n) is 27.1. The van der Waals surface area contributed by atoms with Gasteiger partial charge in [-0.3, -0.25) is 0 Å². The van der Waals surface area contributed by atoms with Crippen LogP contribution in [0.4, 0.5) is 0 Å². The lowest BCUT2D eigenvalue weighted by atomic mass is 9.44. The summed E-state index contributed by atoms with van der Waals surface area (Å²) in [6.45, 7) is 8.05. The van der Waals surface area contributed by atoms with E-state index in [1.807, 2.05) is 0 Å². The SMILES string of the molecule is CC1CCC2(OC1)OC1CC3C4CCC5CC(OC6OC(CO)C(OC7OC(CO)C(O)C(OC8OC(CO)C(OC9OC(C)C(O)C(O)C9O)C(O)C8O)C7OC7OC(CO)C(O)C(O)C7O)C(O)C6O)CCC5(C)C4CCC3(C)C1C2C. The molecular weight excluding hydrogens is 1120 g/mol. The number of hydrogen-bond donors (Lipinski definition) is 15. The molecule has 11 fully saturated rings. The summed E-state index contributed by atoms with van der Waals surface area (Å²) in [6, 6.07) is 0. The van der Waals surface area contributed by atoms with Crippen molar-refractivity contribution in [1.29, 1.82) is 0 Å². The van der Waals surface area contributed by atoms with Gasteiger partial charge in [0.2, 0.25) is 0 Å². The maximum absolute atomic E-state index is 12.0. The van der Waals surface area contributed by atoms with E-state index in [4.69, 9.17) is 56.8 Å². The number of rotatable bonds is 14. The molecule has 7 saturated heterocycles. The lowest BCUT2D eigenvalue weighted by molar-refractivity contribution is -0.410. The normalized spacial score (nSPS) is 57.7. The summed E-state index contributed by atoms with van der Waals surface area (Å²) in [7, 11) is 0. The summed E-state index contributed by atoms with van der Waals surface area (Å²) in [5.41, 5.74) is 0.222. The van der Waals surface area contributed by atoms with E-state index in [2.05, 4.69) is 27.7 Å². The van der Waals surface area contributed by atoms with Crippen LogP contribution in [-0.4, -0.2) is 281 Å². The highest BCUT2D eigenvalue weighted by molar-refractivity contribution is 5.16. The van der Waals surface area contributed by atoms with Crippen molar-refractivity contribution in [2.45, 2.75) is 270 Å². The molecule has 0 bridgehead atoms. The first-order valence-corrected chi connectivity index (χ1v) is 30.7. The van der Waals surface area contributed by atoms with Crippen LogP contribution >= 0.6 is 0 Å². The number of hydrogen-bond acceptors (Lipinski definition) is 27. The van der Waals surface area contributed by atoms with E-state index in [0.29, 0.717) is 54.3 Å². The first kappa shape index (κ1) is 64.4. The van der Waals surface area contributed by atoms with Gasteiger partial charge in [0.1, 0.15) is 116 Å². The molecule has 0 amide bonds. The van der Waals surface area contributed by atoms with E-state index in [-0.39, 0.29) is 23.0 Å². The Morgan fingerprint density at radius 3 is 1.55 bits per heavy atom. The Balaban J connectivity index is 0.773. The first-order chi connectivity index (χ1) is 39.9. The Labute approximate surface area is 487 Å². The minimum absolute atomic E-state index is 0.0507. The Bertz CT molecular complexity index is 2180. The molecule has 7 aliphatic heterocycles. The van der Waals surface area contributed by atoms with Gasteiger partial charge in [-0.05, 0) is 111 Å². The molecule has 15 N–H and O–H groups in total. The molecule has 7 heterocycles. The van der Waals surface area contributed by atoms with Crippen LogP contribution in [0, 0.1) is 52.3 Å². The first-order valence-electron chi connectivity index (χ1n) is 30.7. The quantitative estimate of drug-likeness (QED) is 0.0736. The van der Waals surface area contributed by atoms with Gasteiger partial charge >= 0.3 is 0 Å². The van der Waals surface area contributed by atoms with Gasteiger partial charge in [-0.15, -0.1) is 0 Å². The Morgan fingerprint density at radius 2 is 0.940 bits per heavy atom. The molecule has 37 atom stereocenters. The minimum Gasteiger partial charge on any atom is -0.394 e. The lowest BCUT2D eigenvalue weighted by Crippen LogP contribution is -2.69. The van der Waals surface area contributed by atoms with E-state index in [9.17, 15) is 76.6 Å². The smallest absolute Gasteiger partial charge is 0.187 e. The van der Waals surface area contributed by atoms with Gasteiger partial charge in [0.15, 0.2) is 37.2 Å². The molecule has 11 rings (SSSR count). The molecule has 0 aromatic heterocycles. The molecule has 4 aliphatic carbocycles. The fraction of sp³-hybridized carbons (Fsp3) is 1.00. The van der Waals surface area contributed by atoms with Gasteiger partial charge in [-0.2, -0.15) is 0 Å². The van der Waals surface area contributed by atoms with Crippen molar-refractivity contribution in [3.8, 4) is 0 Å². The lowest BCUT2D eigenvalue weighted by Gasteiger charge is -2.61. The van der Waals surface area contributed by atoms with Crippen LogP contribution in [0.1, 0.15) is 98.8 Å². The number of aliphatic hydroxyl groups is 15. The van der Waals surface area contributed by atoms with Crippen molar-refractivity contribution in [3.63, 3.8) is 0 Å². The topological polar surface area (TPSA) is 414 Å². The van der Waals surface area contributed by atoms with Crippen LogP contribution < -0.4 is 0 Å². The third-order valence-corrected chi connectivity index (χ3v) is 22.5. The zero-order valence-electron chi connectivity index (χ0n) is 48.3. The summed E-state index contributed by atoms with van der Waals surface area (Å²) in [6.07, 6.45) is -35.5.